The third kappa shape index (κ3) is 1.32. The second kappa shape index (κ2) is 3.05. The molecule has 2 amide bonds. The summed E-state index contributed by atoms with van der Waals surface area (Å²) < 4.78 is 6.75. The minimum absolute atomic E-state index is 0.00667. The minimum Gasteiger partial charge on any atom is -0.403 e. The van der Waals surface area contributed by atoms with Crippen molar-refractivity contribution in [3.63, 3.8) is 0 Å². The zero-order valence-corrected chi connectivity index (χ0v) is 8.05. The van der Waals surface area contributed by atoms with Gasteiger partial charge < -0.3 is 11.0 Å². The molecule has 1 aliphatic rings. The fourth-order valence-electron chi connectivity index (χ4n) is 1.86. The van der Waals surface area contributed by atoms with Crippen molar-refractivity contribution in [2.24, 2.45) is 23.0 Å². The molecule has 0 heterocycles. The van der Waals surface area contributed by atoms with E-state index in [1.165, 1.54) is 0 Å². The van der Waals surface area contributed by atoms with E-state index in [-0.39, 0.29) is 23.7 Å². The van der Waals surface area contributed by atoms with Crippen LogP contribution in [0.3, 0.4) is 0 Å². The highest BCUT2D eigenvalue weighted by molar-refractivity contribution is 6.35. The Morgan fingerprint density at radius 1 is 1.69 bits per heavy atom. The summed E-state index contributed by atoms with van der Waals surface area (Å²) in [5, 5.41) is 2.58. The molecule has 0 bridgehead atoms. The number of nitrogens with one attached hydrogen (secondary N) is 1. The summed E-state index contributed by atoms with van der Waals surface area (Å²) in [7, 11) is 1.55. The fraction of sp³-hybridized carbons (Fsp3) is 0.750. The van der Waals surface area contributed by atoms with Crippen molar-refractivity contribution in [3.05, 3.63) is 0 Å². The number of amides is 2. The maximum atomic E-state index is 11.6. The average molecular weight is 182 g/mol. The Kier molecular flexibility index (Phi) is 2.02. The van der Waals surface area contributed by atoms with E-state index in [9.17, 15) is 9.59 Å². The van der Waals surface area contributed by atoms with Gasteiger partial charge in [0.15, 0.2) is 1.41 Å². The van der Waals surface area contributed by atoms with Crippen LogP contribution in [0.4, 0.5) is 0 Å². The van der Waals surface area contributed by atoms with Gasteiger partial charge >= 0.3 is 0 Å². The van der Waals surface area contributed by atoms with Crippen LogP contribution in [0.1, 0.15) is 13.8 Å². The molecule has 1 fully saturated rings. The predicted octanol–water partition coefficient (Wildman–Crippen LogP) is -0.473. The second-order valence-corrected chi connectivity index (χ2v) is 3.68. The Labute approximate surface area is 80.0 Å². The van der Waals surface area contributed by atoms with E-state index in [0.717, 1.165) is 0 Å². The Balaban J connectivity index is 2.70. The number of carbonyl (C=O) groups is 2. The van der Waals surface area contributed by atoms with Crippen LogP contribution in [0.5, 0.6) is 0 Å². The van der Waals surface area contributed by atoms with E-state index in [1.807, 2.05) is 12.7 Å². The normalized spacial score (nSPS) is 37.3. The van der Waals surface area contributed by atoms with Crippen LogP contribution in [0.15, 0.2) is 0 Å². The smallest absolute Gasteiger partial charge is 0.242 e. The van der Waals surface area contributed by atoms with Gasteiger partial charge in [0.2, 0.25) is 19.2 Å². The van der Waals surface area contributed by atoms with Crippen molar-refractivity contribution in [3.8, 4) is 0 Å². The maximum absolute atomic E-state index is 11.6. The van der Waals surface area contributed by atoms with Gasteiger partial charge in [0.1, 0.15) is 0 Å². The molecule has 4 nitrogen and oxygen atoms in total. The van der Waals surface area contributed by atoms with Crippen LogP contribution in [0.25, 0.3) is 0 Å². The van der Waals surface area contributed by atoms with E-state index in [1.54, 1.807) is 21.2 Å². The number of primary amides is 1. The van der Waals surface area contributed by atoms with Crippen molar-refractivity contribution in [2.45, 2.75) is 20.7 Å². The minimum atomic E-state index is -0.655. The topological polar surface area (TPSA) is 72.2 Å². The van der Waals surface area contributed by atoms with E-state index < -0.39 is 5.41 Å². The largest absolute Gasteiger partial charge is 0.403 e. The molecule has 71 valence electrons. The molecule has 0 aromatic carbocycles. The molecule has 1 aliphatic carbocycles. The first-order valence-electron chi connectivity index (χ1n) is 4.80. The molecule has 5 heteroatoms. The molecule has 0 saturated heterocycles. The zero-order valence-electron chi connectivity index (χ0n) is 9.05. The number of nitrogens with two attached hydrogens (primary N) is 1. The van der Waals surface area contributed by atoms with Crippen molar-refractivity contribution in [1.29, 1.82) is 0 Å². The molecule has 0 aliphatic heterocycles. The average Bonchev–Trinajstić information content (AvgIpc) is 2.71. The van der Waals surface area contributed by atoms with Gasteiger partial charge in [-0.05, 0) is 12.8 Å². The van der Waals surface area contributed by atoms with Crippen molar-refractivity contribution < 1.29 is 11.0 Å². The molecule has 0 aromatic heterocycles. The first-order valence-corrected chi connectivity index (χ1v) is 4.30. The van der Waals surface area contributed by atoms with Crippen LogP contribution in [-0.2, 0) is 9.59 Å². The van der Waals surface area contributed by atoms with Crippen LogP contribution in [0, 0.1) is 17.3 Å². The quantitative estimate of drug-likeness (QED) is 0.579. The molecular weight excluding hydrogens is 167 g/mol. The van der Waals surface area contributed by atoms with Gasteiger partial charge in [0, 0.05) is 0 Å². The van der Waals surface area contributed by atoms with Gasteiger partial charge in [0.05, 0.1) is 11.3 Å². The Morgan fingerprint density at radius 2 is 2.31 bits per heavy atom. The number of carbonyl (C=O) groups excluding carboxylic acids is 2. The molecule has 13 heavy (non-hydrogen) atoms. The summed E-state index contributed by atoms with van der Waals surface area (Å²) in [5.41, 5.74) is 1.18. The lowest BCUT2D eigenvalue weighted by atomic mass is 9.95. The Morgan fingerprint density at radius 3 is 2.77 bits per heavy atom. The molecule has 1 unspecified atom stereocenters. The standard InChI is InChI=1S/C8H14BN2O2/c1-4-5(6(10)12)8(4,2)7(13)11-9-3/h4-5H,1-3H3,(H2,10,12)(H,11,13)/t4?,5-,8-/m1/s1/i/hD. The lowest BCUT2D eigenvalue weighted by molar-refractivity contribution is -0.128. The summed E-state index contributed by atoms with van der Waals surface area (Å²) in [6.07, 6.45) is 0. The van der Waals surface area contributed by atoms with Crippen LogP contribution >= 0.6 is 0 Å². The first kappa shape index (κ1) is 8.60. The zero-order chi connectivity index (χ0) is 10.9. The van der Waals surface area contributed by atoms with Gasteiger partial charge in [-0.15, -0.1) is 0 Å². The van der Waals surface area contributed by atoms with E-state index in [2.05, 4.69) is 5.23 Å². The summed E-state index contributed by atoms with van der Waals surface area (Å²) in [4.78, 5) is 22.8. The highest BCUT2D eigenvalue weighted by atomic mass is 16.2. The third-order valence-electron chi connectivity index (χ3n) is 3.03. The van der Waals surface area contributed by atoms with Crippen molar-refractivity contribution in [1.82, 2.24) is 5.23 Å². The second-order valence-electron chi connectivity index (χ2n) is 3.68. The Hall–Kier alpha value is -0.995. The lowest BCUT2D eigenvalue weighted by Crippen LogP contribution is -2.35. The molecule has 0 spiro atoms. The molecule has 1 rings (SSSR count). The summed E-state index contributed by atoms with van der Waals surface area (Å²) >= 11 is 0. The molecule has 3 atom stereocenters. The van der Waals surface area contributed by atoms with Crippen LogP contribution < -0.4 is 11.0 Å². The van der Waals surface area contributed by atoms with Gasteiger partial charge in [-0.2, -0.15) is 0 Å². The fourth-order valence-corrected chi connectivity index (χ4v) is 1.86. The molecule has 0 aromatic rings. The Bertz CT molecular complexity index is 274. The molecule has 3 N–H and O–H groups in total. The van der Waals surface area contributed by atoms with Crippen molar-refractivity contribution in [2.75, 3.05) is 0 Å². The SMILES string of the molecule is [2H]NC(=O)[C@H]1C(C)[C@@]1(C)C(=O)N[B]C. The third-order valence-corrected chi connectivity index (χ3v) is 3.03. The van der Waals surface area contributed by atoms with Gasteiger partial charge in [-0.3, -0.25) is 9.59 Å². The van der Waals surface area contributed by atoms with E-state index in [4.69, 9.17) is 1.41 Å². The molecule has 1 radical (unpaired) electrons. The summed E-state index contributed by atoms with van der Waals surface area (Å²) in [6, 6.07) is 0. The number of rotatable bonds is 3. The van der Waals surface area contributed by atoms with Crippen LogP contribution in [-0.4, -0.2) is 19.2 Å². The number of hydrogen-bond acceptors (Lipinski definition) is 2. The summed E-state index contributed by atoms with van der Waals surface area (Å²) in [6.45, 7) is 5.30. The van der Waals surface area contributed by atoms with Gasteiger partial charge in [0.25, 0.3) is 0 Å². The maximum Gasteiger partial charge on any atom is 0.242 e. The first-order chi connectivity index (χ1) is 6.50. The van der Waals surface area contributed by atoms with Crippen molar-refractivity contribution >= 4 is 19.2 Å². The monoisotopic (exact) mass is 182 g/mol. The van der Waals surface area contributed by atoms with E-state index >= 15 is 0 Å². The summed E-state index contributed by atoms with van der Waals surface area (Å²) in [5.74, 6) is -0.917. The van der Waals surface area contributed by atoms with E-state index in [0.29, 0.717) is 0 Å². The van der Waals surface area contributed by atoms with Gasteiger partial charge in [-0.25, -0.2) is 0 Å². The van der Waals surface area contributed by atoms with Crippen LogP contribution in [0.2, 0.25) is 8.23 Å². The lowest BCUT2D eigenvalue weighted by Gasteiger charge is -2.09. The number of hydrogen-bond donors (Lipinski definition) is 2. The van der Waals surface area contributed by atoms with Gasteiger partial charge in [-0.1, -0.05) is 13.7 Å². The highest BCUT2D eigenvalue weighted by Crippen LogP contribution is 2.58. The molecular formula is C8H14BN2O2. The highest BCUT2D eigenvalue weighted by Gasteiger charge is 2.66. The predicted molar refractivity (Wildman–Crippen MR) is 49.7 cm³/mol. The molecule has 1 saturated carbocycles.